The summed E-state index contributed by atoms with van der Waals surface area (Å²) in [6.45, 7) is 3.16. The first-order valence-electron chi connectivity index (χ1n) is 8.12. The van der Waals surface area contributed by atoms with Crippen LogP contribution in [-0.2, 0) is 0 Å². The van der Waals surface area contributed by atoms with Crippen LogP contribution in [0.5, 0.6) is 0 Å². The van der Waals surface area contributed by atoms with Gasteiger partial charge in [0.1, 0.15) is 6.54 Å². The SMILES string of the molecule is CCCCCCCCCCCCCC[N+](C)(C)O.[OH-]. The molecule has 0 amide bonds. The van der Waals surface area contributed by atoms with E-state index in [4.69, 9.17) is 0 Å². The minimum atomic E-state index is 0. The summed E-state index contributed by atoms with van der Waals surface area (Å²) in [5.41, 5.74) is 0. The Morgan fingerprint density at radius 1 is 0.632 bits per heavy atom. The van der Waals surface area contributed by atoms with Gasteiger partial charge in [-0.2, -0.15) is 4.65 Å². The molecule has 0 aromatic carbocycles. The van der Waals surface area contributed by atoms with E-state index in [0.717, 1.165) is 13.0 Å². The van der Waals surface area contributed by atoms with Gasteiger partial charge in [0.05, 0.1) is 14.1 Å². The van der Waals surface area contributed by atoms with E-state index in [1.165, 1.54) is 70.6 Å². The van der Waals surface area contributed by atoms with Gasteiger partial charge in [0, 0.05) is 0 Å². The quantitative estimate of drug-likeness (QED) is 0.293. The number of quaternary nitrogens is 1. The third-order valence-corrected chi connectivity index (χ3v) is 3.56. The number of hydrogen-bond acceptors (Lipinski definition) is 2. The lowest BCUT2D eigenvalue weighted by Crippen LogP contribution is -2.36. The fourth-order valence-electron chi connectivity index (χ4n) is 2.34. The molecule has 0 aliphatic heterocycles. The normalized spacial score (nSPS) is 11.4. The zero-order valence-corrected chi connectivity index (χ0v) is 13.5. The van der Waals surface area contributed by atoms with Crippen LogP contribution in [0.2, 0.25) is 0 Å². The summed E-state index contributed by atoms with van der Waals surface area (Å²) >= 11 is 0. The summed E-state index contributed by atoms with van der Waals surface area (Å²) in [6.07, 6.45) is 16.5. The maximum absolute atomic E-state index is 9.52. The van der Waals surface area contributed by atoms with Crippen molar-refractivity contribution in [1.82, 2.24) is 0 Å². The summed E-state index contributed by atoms with van der Waals surface area (Å²) in [4.78, 5) is 0. The van der Waals surface area contributed by atoms with Gasteiger partial charge in [-0.1, -0.05) is 71.1 Å². The van der Waals surface area contributed by atoms with Crippen molar-refractivity contribution in [3.63, 3.8) is 0 Å². The predicted octanol–water partition coefficient (Wildman–Crippen LogP) is 4.98. The molecule has 0 heterocycles. The molecular weight excluding hydrogens is 238 g/mol. The van der Waals surface area contributed by atoms with E-state index >= 15 is 0 Å². The van der Waals surface area contributed by atoms with Gasteiger partial charge in [-0.15, -0.1) is 0 Å². The van der Waals surface area contributed by atoms with Gasteiger partial charge in [-0.05, 0) is 12.8 Å². The second kappa shape index (κ2) is 14.3. The molecule has 0 aromatic rings. The monoisotopic (exact) mass is 275 g/mol. The van der Waals surface area contributed by atoms with Crippen molar-refractivity contribution in [2.24, 2.45) is 0 Å². The number of unbranched alkanes of at least 4 members (excludes halogenated alkanes) is 11. The molecule has 3 heteroatoms. The molecule has 19 heavy (non-hydrogen) atoms. The predicted molar refractivity (Wildman–Crippen MR) is 81.8 cm³/mol. The molecular formula is C16H37NO2. The molecule has 0 radical (unpaired) electrons. The van der Waals surface area contributed by atoms with Crippen molar-refractivity contribution in [2.75, 3.05) is 20.6 Å². The van der Waals surface area contributed by atoms with Crippen molar-refractivity contribution in [2.45, 2.75) is 84.0 Å². The zero-order chi connectivity index (χ0) is 13.7. The molecule has 0 saturated heterocycles. The first kappa shape index (κ1) is 21.2. The molecule has 0 aromatic heterocycles. The Balaban J connectivity index is 0. The van der Waals surface area contributed by atoms with Gasteiger partial charge >= 0.3 is 0 Å². The van der Waals surface area contributed by atoms with E-state index in [1.807, 2.05) is 14.1 Å². The molecule has 0 saturated carbocycles. The lowest BCUT2D eigenvalue weighted by Gasteiger charge is -2.18. The standard InChI is InChI=1S/C16H36NO.H2O/c1-4-5-6-7-8-9-10-11-12-13-14-15-16-17(2,3)18;/h18H,4-16H2,1-3H3;1H2/q+1;/p-1. The van der Waals surface area contributed by atoms with Crippen LogP contribution in [0.3, 0.4) is 0 Å². The minimum absolute atomic E-state index is 0. The second-order valence-electron chi connectivity index (χ2n) is 6.23. The van der Waals surface area contributed by atoms with Crippen LogP contribution in [0.4, 0.5) is 0 Å². The topological polar surface area (TPSA) is 50.2 Å². The fraction of sp³-hybridized carbons (Fsp3) is 1.00. The Labute approximate surface area is 120 Å². The number of rotatable bonds is 13. The summed E-state index contributed by atoms with van der Waals surface area (Å²) in [5, 5.41) is 9.52. The molecule has 0 rings (SSSR count). The largest absolute Gasteiger partial charge is 0.870 e. The first-order chi connectivity index (χ1) is 8.56. The third-order valence-electron chi connectivity index (χ3n) is 3.56. The Kier molecular flexibility index (Phi) is 15.9. The van der Waals surface area contributed by atoms with Crippen LogP contribution in [-0.4, -0.2) is 36.0 Å². The van der Waals surface area contributed by atoms with Crippen LogP contribution >= 0.6 is 0 Å². The summed E-state index contributed by atoms with van der Waals surface area (Å²) < 4.78 is 0.123. The van der Waals surface area contributed by atoms with Crippen molar-refractivity contribution in [3.05, 3.63) is 0 Å². The fourth-order valence-corrected chi connectivity index (χ4v) is 2.34. The summed E-state index contributed by atoms with van der Waals surface area (Å²) in [5.74, 6) is 0. The van der Waals surface area contributed by atoms with Crippen LogP contribution in [0.1, 0.15) is 84.0 Å². The zero-order valence-electron chi connectivity index (χ0n) is 13.5. The van der Waals surface area contributed by atoms with Crippen LogP contribution in [0, 0.1) is 0 Å². The molecule has 0 aliphatic carbocycles. The van der Waals surface area contributed by atoms with Gasteiger partial charge in [-0.3, -0.25) is 0 Å². The third kappa shape index (κ3) is 20.4. The summed E-state index contributed by atoms with van der Waals surface area (Å²) in [6, 6.07) is 0. The van der Waals surface area contributed by atoms with E-state index < -0.39 is 0 Å². The van der Waals surface area contributed by atoms with Crippen molar-refractivity contribution in [1.29, 1.82) is 0 Å². The molecule has 3 nitrogen and oxygen atoms in total. The molecule has 0 bridgehead atoms. The van der Waals surface area contributed by atoms with Gasteiger partial charge in [-0.25, -0.2) is 5.21 Å². The molecule has 0 atom stereocenters. The lowest BCUT2D eigenvalue weighted by atomic mass is 10.1. The van der Waals surface area contributed by atoms with Gasteiger partial charge < -0.3 is 5.48 Å². The van der Waals surface area contributed by atoms with E-state index in [2.05, 4.69) is 6.92 Å². The molecule has 0 aliphatic rings. The van der Waals surface area contributed by atoms with Crippen LogP contribution < -0.4 is 0 Å². The van der Waals surface area contributed by atoms with Crippen molar-refractivity contribution >= 4 is 0 Å². The Hall–Kier alpha value is -0.120. The average Bonchev–Trinajstić information content (AvgIpc) is 2.29. The average molecular weight is 275 g/mol. The highest BCUT2D eigenvalue weighted by atomic mass is 16.5. The lowest BCUT2D eigenvalue weighted by molar-refractivity contribution is -1.07. The molecule has 0 unspecified atom stereocenters. The van der Waals surface area contributed by atoms with Crippen LogP contribution in [0.25, 0.3) is 0 Å². The highest BCUT2D eigenvalue weighted by Crippen LogP contribution is 2.12. The van der Waals surface area contributed by atoms with E-state index in [9.17, 15) is 5.21 Å². The van der Waals surface area contributed by atoms with Gasteiger partial charge in [0.2, 0.25) is 0 Å². The minimum Gasteiger partial charge on any atom is -0.870 e. The maximum Gasteiger partial charge on any atom is 0.108 e. The Morgan fingerprint density at radius 2 is 0.947 bits per heavy atom. The number of hydroxylamine groups is 3. The van der Waals surface area contributed by atoms with Crippen LogP contribution in [0.15, 0.2) is 0 Å². The smallest absolute Gasteiger partial charge is 0.108 e. The van der Waals surface area contributed by atoms with E-state index in [1.54, 1.807) is 0 Å². The molecule has 0 fully saturated rings. The Bertz CT molecular complexity index is 167. The maximum atomic E-state index is 9.52. The highest BCUT2D eigenvalue weighted by molar-refractivity contribution is 4.48. The first-order valence-corrected chi connectivity index (χ1v) is 8.12. The molecule has 0 spiro atoms. The number of nitrogens with zero attached hydrogens (tertiary/aromatic N) is 1. The van der Waals surface area contributed by atoms with Gasteiger partial charge in [0.25, 0.3) is 0 Å². The van der Waals surface area contributed by atoms with E-state index in [-0.39, 0.29) is 10.1 Å². The molecule has 118 valence electrons. The summed E-state index contributed by atoms with van der Waals surface area (Å²) in [7, 11) is 3.69. The van der Waals surface area contributed by atoms with E-state index in [0.29, 0.717) is 0 Å². The molecule has 2 N–H and O–H groups in total. The van der Waals surface area contributed by atoms with Crippen molar-refractivity contribution in [3.8, 4) is 0 Å². The highest BCUT2D eigenvalue weighted by Gasteiger charge is 2.08. The van der Waals surface area contributed by atoms with Gasteiger partial charge in [0.15, 0.2) is 0 Å². The van der Waals surface area contributed by atoms with Crippen molar-refractivity contribution < 1.29 is 15.3 Å². The Morgan fingerprint density at radius 3 is 1.26 bits per heavy atom. The second-order valence-corrected chi connectivity index (χ2v) is 6.23. The number of hydrogen-bond donors (Lipinski definition) is 1.